The molecular weight excluding hydrogens is 424 g/mol. The molecule has 5 atom stereocenters. The number of dihydropyridines is 1. The highest BCUT2D eigenvalue weighted by Crippen LogP contribution is 2.43. The predicted molar refractivity (Wildman–Crippen MR) is 129 cm³/mol. The molecule has 2 heterocycles. The molecule has 3 unspecified atom stereocenters. The summed E-state index contributed by atoms with van der Waals surface area (Å²) in [5.41, 5.74) is 10.6. The van der Waals surface area contributed by atoms with Crippen LogP contribution in [0.5, 0.6) is 0 Å². The molecule has 6 N–H and O–H groups in total. The maximum absolute atomic E-state index is 13.2. The van der Waals surface area contributed by atoms with E-state index in [1.807, 2.05) is 32.2 Å². The van der Waals surface area contributed by atoms with E-state index in [4.69, 9.17) is 5.73 Å². The standard InChI is InChI=1S/C23H34N6O2S/c1-5-18-19(6-2)28-23(27-18)29-20-10-17(24)15-9-21(32(30,31)26-11-13(3)4)14-7-8-25-12-16(14)22(15)20/h5-8,13,17-21,25-26H,1-2,9-12,24H2,3-4H3,(H2,27,28,29)/t17-,18?,19?,20-,21?/m0/s1. The van der Waals surface area contributed by atoms with Crippen molar-refractivity contribution in [3.63, 3.8) is 0 Å². The lowest BCUT2D eigenvalue weighted by Gasteiger charge is -2.33. The van der Waals surface area contributed by atoms with Gasteiger partial charge in [0.15, 0.2) is 5.96 Å². The Morgan fingerprint density at radius 2 is 2.12 bits per heavy atom. The van der Waals surface area contributed by atoms with Gasteiger partial charge in [-0.25, -0.2) is 18.1 Å². The number of nitrogens with zero attached hydrogens (tertiary/aromatic N) is 1. The largest absolute Gasteiger partial charge is 0.387 e. The minimum absolute atomic E-state index is 0.000458. The van der Waals surface area contributed by atoms with Gasteiger partial charge in [0.05, 0.1) is 18.1 Å². The highest BCUT2D eigenvalue weighted by atomic mass is 32.2. The smallest absolute Gasteiger partial charge is 0.219 e. The van der Waals surface area contributed by atoms with Crippen LogP contribution in [0.2, 0.25) is 0 Å². The van der Waals surface area contributed by atoms with Gasteiger partial charge in [0.2, 0.25) is 10.0 Å². The average Bonchev–Trinajstić information content (AvgIpc) is 3.32. The summed E-state index contributed by atoms with van der Waals surface area (Å²) in [6, 6.07) is -0.301. The van der Waals surface area contributed by atoms with Crippen molar-refractivity contribution >= 4 is 16.0 Å². The number of nitrogens with one attached hydrogen (secondary N) is 4. The fourth-order valence-electron chi connectivity index (χ4n) is 4.92. The molecule has 0 saturated carbocycles. The fourth-order valence-corrected chi connectivity index (χ4v) is 6.64. The number of hydrogen-bond donors (Lipinski definition) is 5. The molecule has 0 spiro atoms. The lowest BCUT2D eigenvalue weighted by molar-refractivity contribution is 0.548. The van der Waals surface area contributed by atoms with Crippen molar-refractivity contribution in [3.8, 4) is 0 Å². The van der Waals surface area contributed by atoms with Gasteiger partial charge in [-0.1, -0.05) is 26.0 Å². The molecule has 2 aliphatic heterocycles. The molecule has 32 heavy (non-hydrogen) atoms. The summed E-state index contributed by atoms with van der Waals surface area (Å²) in [5.74, 6) is 0.932. The van der Waals surface area contributed by atoms with Crippen LogP contribution >= 0.6 is 0 Å². The molecule has 4 rings (SSSR count). The zero-order valence-electron chi connectivity index (χ0n) is 18.8. The summed E-state index contributed by atoms with van der Waals surface area (Å²) < 4.78 is 29.2. The summed E-state index contributed by atoms with van der Waals surface area (Å²) >= 11 is 0. The van der Waals surface area contributed by atoms with E-state index < -0.39 is 15.3 Å². The van der Waals surface area contributed by atoms with E-state index in [1.54, 1.807) is 6.08 Å². The Morgan fingerprint density at radius 1 is 1.34 bits per heavy atom. The van der Waals surface area contributed by atoms with Gasteiger partial charge in [0.25, 0.3) is 0 Å². The van der Waals surface area contributed by atoms with E-state index in [0.717, 1.165) is 22.3 Å². The lowest BCUT2D eigenvalue weighted by Crippen LogP contribution is -2.45. The Kier molecular flexibility index (Phi) is 6.33. The Bertz CT molecular complexity index is 1020. The van der Waals surface area contributed by atoms with Crippen molar-refractivity contribution in [2.24, 2.45) is 16.6 Å². The molecule has 0 aromatic carbocycles. The molecule has 0 amide bonds. The van der Waals surface area contributed by atoms with Crippen LogP contribution in [0.15, 0.2) is 64.9 Å². The van der Waals surface area contributed by atoms with Crippen LogP contribution in [-0.4, -0.2) is 56.9 Å². The molecule has 0 saturated heterocycles. The third-order valence-corrected chi connectivity index (χ3v) is 8.28. The lowest BCUT2D eigenvalue weighted by atomic mass is 9.83. The third kappa shape index (κ3) is 4.16. The quantitative estimate of drug-likeness (QED) is 0.360. The number of allylic oxidation sites excluding steroid dienone is 1. The van der Waals surface area contributed by atoms with Gasteiger partial charge in [-0.2, -0.15) is 0 Å². The second-order valence-corrected chi connectivity index (χ2v) is 11.2. The summed E-state index contributed by atoms with van der Waals surface area (Å²) in [6.45, 7) is 12.7. The molecule has 0 aromatic heterocycles. The zero-order chi connectivity index (χ0) is 23.0. The van der Waals surface area contributed by atoms with Gasteiger partial charge in [0.1, 0.15) is 5.25 Å². The Labute approximate surface area is 190 Å². The van der Waals surface area contributed by atoms with Gasteiger partial charge in [-0.3, -0.25) is 0 Å². The van der Waals surface area contributed by atoms with E-state index in [-0.39, 0.29) is 30.1 Å². The van der Waals surface area contributed by atoms with Crippen molar-refractivity contribution in [1.82, 2.24) is 20.7 Å². The second kappa shape index (κ2) is 8.88. The predicted octanol–water partition coefficient (Wildman–Crippen LogP) is 0.802. The van der Waals surface area contributed by atoms with Crippen LogP contribution < -0.4 is 26.4 Å². The van der Waals surface area contributed by atoms with Gasteiger partial charge >= 0.3 is 0 Å². The van der Waals surface area contributed by atoms with E-state index in [2.05, 4.69) is 38.8 Å². The normalized spacial score (nSPS) is 31.6. The third-order valence-electron chi connectivity index (χ3n) is 6.54. The summed E-state index contributed by atoms with van der Waals surface area (Å²) in [4.78, 5) is 4.67. The Hall–Kier alpha value is -2.36. The molecule has 0 aromatic rings. The second-order valence-electron chi connectivity index (χ2n) is 9.22. The summed E-state index contributed by atoms with van der Waals surface area (Å²) in [6.07, 6.45) is 8.46. The highest BCUT2D eigenvalue weighted by molar-refractivity contribution is 7.90. The van der Waals surface area contributed by atoms with Crippen LogP contribution in [0.25, 0.3) is 0 Å². The fraction of sp³-hybridized carbons (Fsp3) is 0.522. The SMILES string of the molecule is C=CC1N=C(N[C@H]2C[C@H](N)C3=C2C2=C(C=CNC2)C(S(=O)(=O)NCC(C)C)C3)NC1C=C. The van der Waals surface area contributed by atoms with Gasteiger partial charge in [-0.15, -0.1) is 13.2 Å². The van der Waals surface area contributed by atoms with Crippen molar-refractivity contribution in [2.75, 3.05) is 13.1 Å². The van der Waals surface area contributed by atoms with Crippen LogP contribution in [0.1, 0.15) is 26.7 Å². The Morgan fingerprint density at radius 3 is 2.78 bits per heavy atom. The molecule has 2 aliphatic carbocycles. The maximum atomic E-state index is 13.2. The van der Waals surface area contributed by atoms with E-state index in [9.17, 15) is 8.42 Å². The zero-order valence-corrected chi connectivity index (χ0v) is 19.6. The van der Waals surface area contributed by atoms with Crippen molar-refractivity contribution in [1.29, 1.82) is 0 Å². The number of hydrogen-bond acceptors (Lipinski definition) is 7. The summed E-state index contributed by atoms with van der Waals surface area (Å²) in [7, 11) is -3.53. The van der Waals surface area contributed by atoms with Gasteiger partial charge < -0.3 is 21.7 Å². The molecule has 9 heteroatoms. The highest BCUT2D eigenvalue weighted by Gasteiger charge is 2.44. The molecule has 0 bridgehead atoms. The number of rotatable bonds is 7. The first kappa shape index (κ1) is 22.8. The molecule has 8 nitrogen and oxygen atoms in total. The molecular formula is C23H34N6O2S. The first-order chi connectivity index (χ1) is 15.2. The van der Waals surface area contributed by atoms with Crippen LogP contribution in [0.4, 0.5) is 0 Å². The van der Waals surface area contributed by atoms with Crippen molar-refractivity contribution in [2.45, 2.75) is 56.1 Å². The van der Waals surface area contributed by atoms with E-state index >= 15 is 0 Å². The minimum Gasteiger partial charge on any atom is -0.387 e. The number of sulfonamides is 1. The first-order valence-electron chi connectivity index (χ1n) is 11.2. The number of aliphatic imine (C=N–C) groups is 1. The van der Waals surface area contributed by atoms with E-state index in [0.29, 0.717) is 31.9 Å². The number of fused-ring (bicyclic) bond motifs is 1. The van der Waals surface area contributed by atoms with E-state index in [1.165, 1.54) is 0 Å². The number of guanidine groups is 1. The molecule has 0 radical (unpaired) electrons. The minimum atomic E-state index is -3.53. The van der Waals surface area contributed by atoms with Crippen LogP contribution in [0, 0.1) is 5.92 Å². The monoisotopic (exact) mass is 458 g/mol. The van der Waals surface area contributed by atoms with Crippen LogP contribution in [-0.2, 0) is 10.0 Å². The molecule has 0 fully saturated rings. The number of nitrogens with two attached hydrogens (primary N) is 1. The molecule has 174 valence electrons. The van der Waals surface area contributed by atoms with Gasteiger partial charge in [0, 0.05) is 19.1 Å². The maximum Gasteiger partial charge on any atom is 0.219 e. The first-order valence-corrected chi connectivity index (χ1v) is 12.8. The van der Waals surface area contributed by atoms with Crippen molar-refractivity contribution in [3.05, 3.63) is 59.9 Å². The van der Waals surface area contributed by atoms with Crippen molar-refractivity contribution < 1.29 is 8.42 Å². The Balaban J connectivity index is 1.64. The molecule has 4 aliphatic rings. The summed E-state index contributed by atoms with van der Waals surface area (Å²) in [5, 5.41) is 9.49. The topological polar surface area (TPSA) is 121 Å². The van der Waals surface area contributed by atoms with Gasteiger partial charge in [-0.05, 0) is 53.3 Å². The average molecular weight is 459 g/mol. The van der Waals surface area contributed by atoms with Crippen LogP contribution in [0.3, 0.4) is 0 Å².